The van der Waals surface area contributed by atoms with Crippen molar-refractivity contribution in [1.82, 2.24) is 19.4 Å². The molecule has 2 amide bonds. The van der Waals surface area contributed by atoms with E-state index in [2.05, 4.69) is 4.98 Å². The fraction of sp³-hybridized carbons (Fsp3) is 0.292. The first-order valence-electron chi connectivity index (χ1n) is 10.5. The molecule has 2 heterocycles. The van der Waals surface area contributed by atoms with Crippen molar-refractivity contribution >= 4 is 23.6 Å². The summed E-state index contributed by atoms with van der Waals surface area (Å²) in [6, 6.07) is 14.8. The average Bonchev–Trinajstić information content (AvgIpc) is 3.32. The molecule has 3 aromatic rings. The van der Waals surface area contributed by atoms with Gasteiger partial charge in [0.2, 0.25) is 0 Å². The number of piperazine rings is 1. The van der Waals surface area contributed by atoms with Crippen molar-refractivity contribution < 1.29 is 19.1 Å². The number of hydrogen-bond donors (Lipinski definition) is 0. The predicted octanol–water partition coefficient (Wildman–Crippen LogP) is 3.21. The van der Waals surface area contributed by atoms with Gasteiger partial charge in [-0.25, -0.2) is 4.98 Å². The van der Waals surface area contributed by atoms with Crippen LogP contribution >= 0.6 is 11.8 Å². The van der Waals surface area contributed by atoms with Gasteiger partial charge in [0.05, 0.1) is 20.4 Å². The van der Waals surface area contributed by atoms with Crippen LogP contribution in [-0.2, 0) is 0 Å². The van der Waals surface area contributed by atoms with E-state index in [-0.39, 0.29) is 11.8 Å². The smallest absolute Gasteiger partial charge is 0.272 e. The molecule has 1 fully saturated rings. The normalized spacial score (nSPS) is 13.7. The zero-order valence-corrected chi connectivity index (χ0v) is 19.7. The molecule has 1 aliphatic heterocycles. The molecule has 0 atom stereocenters. The molecule has 1 saturated heterocycles. The molecule has 0 N–H and O–H groups in total. The van der Waals surface area contributed by atoms with Crippen LogP contribution in [0.4, 0.5) is 0 Å². The highest BCUT2D eigenvalue weighted by atomic mass is 32.2. The minimum absolute atomic E-state index is 0.0956. The van der Waals surface area contributed by atoms with Gasteiger partial charge in [-0.3, -0.25) is 14.2 Å². The van der Waals surface area contributed by atoms with E-state index in [1.165, 1.54) is 11.8 Å². The lowest BCUT2D eigenvalue weighted by Crippen LogP contribution is -2.50. The molecule has 0 saturated carbocycles. The molecular weight excluding hydrogens is 440 g/mol. The van der Waals surface area contributed by atoms with E-state index in [0.29, 0.717) is 48.9 Å². The summed E-state index contributed by atoms with van der Waals surface area (Å²) >= 11 is 1.49. The third-order valence-electron chi connectivity index (χ3n) is 5.60. The number of para-hydroxylation sites is 1. The van der Waals surface area contributed by atoms with E-state index in [1.807, 2.05) is 41.2 Å². The second-order valence-corrected chi connectivity index (χ2v) is 8.26. The highest BCUT2D eigenvalue weighted by molar-refractivity contribution is 7.98. The number of carbonyl (C=O) groups excluding carboxylic acids is 2. The Morgan fingerprint density at radius 3 is 2.00 bits per heavy atom. The SMILES string of the molecule is COc1cc(OC)cc(C(=O)N2CCN(C(=O)c3cnc(SC)n3-c3ccccc3)CC2)c1. The Morgan fingerprint density at radius 2 is 1.45 bits per heavy atom. The summed E-state index contributed by atoms with van der Waals surface area (Å²) in [5.74, 6) is 0.913. The number of nitrogens with zero attached hydrogens (tertiary/aromatic N) is 4. The number of aromatic nitrogens is 2. The lowest BCUT2D eigenvalue weighted by molar-refractivity contribution is 0.0530. The summed E-state index contributed by atoms with van der Waals surface area (Å²) in [5.41, 5.74) is 1.91. The standard InChI is InChI=1S/C24H26N4O4S/c1-31-19-13-17(14-20(15-19)32-2)22(29)26-9-11-27(12-10-26)23(30)21-16-25-24(33-3)28(21)18-7-5-4-6-8-18/h4-8,13-16H,9-12H2,1-3H3. The topological polar surface area (TPSA) is 76.9 Å². The summed E-state index contributed by atoms with van der Waals surface area (Å²) in [4.78, 5) is 34.4. The number of amides is 2. The van der Waals surface area contributed by atoms with Crippen molar-refractivity contribution in [3.8, 4) is 17.2 Å². The third-order valence-corrected chi connectivity index (χ3v) is 6.25. The number of rotatable bonds is 6. The molecule has 2 aromatic carbocycles. The number of methoxy groups -OCH3 is 2. The average molecular weight is 467 g/mol. The molecular formula is C24H26N4O4S. The molecule has 1 aromatic heterocycles. The van der Waals surface area contributed by atoms with Crippen molar-refractivity contribution in [1.29, 1.82) is 0 Å². The fourth-order valence-corrected chi connectivity index (χ4v) is 4.39. The zero-order chi connectivity index (χ0) is 23.4. The lowest BCUT2D eigenvalue weighted by Gasteiger charge is -2.35. The molecule has 1 aliphatic rings. The van der Waals surface area contributed by atoms with E-state index in [9.17, 15) is 9.59 Å². The van der Waals surface area contributed by atoms with Gasteiger partial charge in [-0.15, -0.1) is 0 Å². The number of imidazole rings is 1. The summed E-state index contributed by atoms with van der Waals surface area (Å²) in [5, 5.41) is 0.755. The van der Waals surface area contributed by atoms with E-state index in [1.54, 1.807) is 48.4 Å². The second-order valence-electron chi connectivity index (χ2n) is 7.49. The van der Waals surface area contributed by atoms with Crippen molar-refractivity contribution in [3.05, 3.63) is 66.0 Å². The van der Waals surface area contributed by atoms with Gasteiger partial charge in [-0.2, -0.15) is 0 Å². The molecule has 0 bridgehead atoms. The van der Waals surface area contributed by atoms with E-state index in [0.717, 1.165) is 10.8 Å². The molecule has 0 spiro atoms. The minimum atomic E-state index is -0.113. The van der Waals surface area contributed by atoms with E-state index >= 15 is 0 Å². The molecule has 172 valence electrons. The number of hydrogen-bond acceptors (Lipinski definition) is 6. The summed E-state index contributed by atoms with van der Waals surface area (Å²) in [6.45, 7) is 1.78. The van der Waals surface area contributed by atoms with Crippen LogP contribution in [0.1, 0.15) is 20.8 Å². The molecule has 9 heteroatoms. The van der Waals surface area contributed by atoms with Crippen LogP contribution < -0.4 is 9.47 Å². The number of benzene rings is 2. The third kappa shape index (κ3) is 4.68. The van der Waals surface area contributed by atoms with Gasteiger partial charge in [0.15, 0.2) is 5.16 Å². The predicted molar refractivity (Wildman–Crippen MR) is 127 cm³/mol. The lowest BCUT2D eigenvalue weighted by atomic mass is 10.1. The summed E-state index contributed by atoms with van der Waals surface area (Å²) in [6.07, 6.45) is 3.56. The maximum Gasteiger partial charge on any atom is 0.272 e. The van der Waals surface area contributed by atoms with Gasteiger partial charge in [0.25, 0.3) is 11.8 Å². The van der Waals surface area contributed by atoms with E-state index in [4.69, 9.17) is 9.47 Å². The molecule has 0 aliphatic carbocycles. The Morgan fingerprint density at radius 1 is 0.879 bits per heavy atom. The van der Waals surface area contributed by atoms with Crippen LogP contribution in [0.15, 0.2) is 59.9 Å². The monoisotopic (exact) mass is 466 g/mol. The van der Waals surface area contributed by atoms with Crippen molar-refractivity contribution in [2.45, 2.75) is 5.16 Å². The summed E-state index contributed by atoms with van der Waals surface area (Å²) < 4.78 is 12.4. The maximum absolute atomic E-state index is 13.4. The zero-order valence-electron chi connectivity index (χ0n) is 18.9. The largest absolute Gasteiger partial charge is 0.497 e. The van der Waals surface area contributed by atoms with Crippen LogP contribution in [0.5, 0.6) is 11.5 Å². The van der Waals surface area contributed by atoms with Crippen LogP contribution in [0.2, 0.25) is 0 Å². The van der Waals surface area contributed by atoms with Gasteiger partial charge < -0.3 is 19.3 Å². The van der Waals surface area contributed by atoms with Gasteiger partial charge >= 0.3 is 0 Å². The minimum Gasteiger partial charge on any atom is -0.497 e. The molecule has 4 rings (SSSR count). The Kier molecular flexibility index (Phi) is 6.88. The Labute approximate surface area is 197 Å². The van der Waals surface area contributed by atoms with Crippen molar-refractivity contribution in [2.75, 3.05) is 46.7 Å². The molecule has 0 unspecified atom stereocenters. The van der Waals surface area contributed by atoms with Gasteiger partial charge in [-0.05, 0) is 30.5 Å². The number of carbonyl (C=O) groups is 2. The van der Waals surface area contributed by atoms with Crippen LogP contribution in [0.3, 0.4) is 0 Å². The number of thioether (sulfide) groups is 1. The first kappa shape index (κ1) is 22.7. The quantitative estimate of drug-likeness (QED) is 0.519. The first-order chi connectivity index (χ1) is 16.0. The van der Waals surface area contributed by atoms with Crippen molar-refractivity contribution in [2.24, 2.45) is 0 Å². The second kappa shape index (κ2) is 9.99. The van der Waals surface area contributed by atoms with Crippen LogP contribution in [0.25, 0.3) is 5.69 Å². The Hall–Kier alpha value is -3.46. The maximum atomic E-state index is 13.4. The number of ether oxygens (including phenoxy) is 2. The van der Waals surface area contributed by atoms with Crippen LogP contribution in [-0.4, -0.2) is 77.8 Å². The Balaban J connectivity index is 1.48. The molecule has 8 nitrogen and oxygen atoms in total. The first-order valence-corrected chi connectivity index (χ1v) is 11.8. The van der Waals surface area contributed by atoms with Gasteiger partial charge in [-0.1, -0.05) is 30.0 Å². The highest BCUT2D eigenvalue weighted by Gasteiger charge is 2.28. The fourth-order valence-electron chi connectivity index (χ4n) is 3.84. The van der Waals surface area contributed by atoms with E-state index < -0.39 is 0 Å². The van der Waals surface area contributed by atoms with Crippen LogP contribution in [0, 0.1) is 0 Å². The Bertz CT molecular complexity index is 1120. The summed E-state index contributed by atoms with van der Waals surface area (Å²) in [7, 11) is 3.10. The van der Waals surface area contributed by atoms with Gasteiger partial charge in [0, 0.05) is 43.5 Å². The molecule has 0 radical (unpaired) electrons. The van der Waals surface area contributed by atoms with Crippen molar-refractivity contribution in [3.63, 3.8) is 0 Å². The molecule has 33 heavy (non-hydrogen) atoms. The van der Waals surface area contributed by atoms with Gasteiger partial charge in [0.1, 0.15) is 17.2 Å². The highest BCUT2D eigenvalue weighted by Crippen LogP contribution is 2.25.